The molecule has 108 valence electrons. The third-order valence-electron chi connectivity index (χ3n) is 3.53. The predicted octanol–water partition coefficient (Wildman–Crippen LogP) is 1.19. The molecule has 2 N–H and O–H groups in total. The zero-order valence-corrected chi connectivity index (χ0v) is 11.7. The van der Waals surface area contributed by atoms with Crippen molar-refractivity contribution in [1.29, 1.82) is 0 Å². The van der Waals surface area contributed by atoms with Crippen molar-refractivity contribution in [3.63, 3.8) is 0 Å². The summed E-state index contributed by atoms with van der Waals surface area (Å²) in [6.45, 7) is 4.85. The first-order valence-electron chi connectivity index (χ1n) is 6.70. The summed E-state index contributed by atoms with van der Waals surface area (Å²) >= 11 is 0. The molecule has 2 heterocycles. The third kappa shape index (κ3) is 3.26. The van der Waals surface area contributed by atoms with Gasteiger partial charge in [0.05, 0.1) is 11.3 Å². The molecule has 6 nitrogen and oxygen atoms in total. The minimum absolute atomic E-state index is 0.00299. The Morgan fingerprint density at radius 2 is 2.00 bits per heavy atom. The SMILES string of the molecule is CC(=O)NC1CCN(c2ccc(C(=O)O)c(C)n2)CC1. The molecule has 0 saturated carbocycles. The van der Waals surface area contributed by atoms with E-state index in [-0.39, 0.29) is 17.5 Å². The van der Waals surface area contributed by atoms with Crippen LogP contribution in [0.3, 0.4) is 0 Å². The molecule has 1 fully saturated rings. The molecule has 0 aliphatic carbocycles. The zero-order chi connectivity index (χ0) is 14.7. The largest absolute Gasteiger partial charge is 0.478 e. The van der Waals surface area contributed by atoms with Crippen molar-refractivity contribution in [2.45, 2.75) is 32.7 Å². The van der Waals surface area contributed by atoms with E-state index >= 15 is 0 Å². The van der Waals surface area contributed by atoms with Crippen molar-refractivity contribution >= 4 is 17.7 Å². The quantitative estimate of drug-likeness (QED) is 0.867. The lowest BCUT2D eigenvalue weighted by Crippen LogP contribution is -2.44. The molecule has 1 aliphatic rings. The van der Waals surface area contributed by atoms with E-state index in [1.54, 1.807) is 19.1 Å². The second-order valence-corrected chi connectivity index (χ2v) is 5.07. The molecule has 1 aliphatic heterocycles. The van der Waals surface area contributed by atoms with Gasteiger partial charge in [0.15, 0.2) is 0 Å². The Balaban J connectivity index is 2.02. The molecule has 2 rings (SSSR count). The number of nitrogens with one attached hydrogen (secondary N) is 1. The molecule has 1 saturated heterocycles. The van der Waals surface area contributed by atoms with Gasteiger partial charge in [0.25, 0.3) is 0 Å². The lowest BCUT2D eigenvalue weighted by molar-refractivity contribution is -0.119. The molecule has 1 amide bonds. The summed E-state index contributed by atoms with van der Waals surface area (Å²) < 4.78 is 0. The van der Waals surface area contributed by atoms with Gasteiger partial charge in [-0.2, -0.15) is 0 Å². The number of amides is 1. The van der Waals surface area contributed by atoms with Gasteiger partial charge in [-0.05, 0) is 31.9 Å². The molecule has 20 heavy (non-hydrogen) atoms. The van der Waals surface area contributed by atoms with Gasteiger partial charge in [-0.25, -0.2) is 9.78 Å². The van der Waals surface area contributed by atoms with Crippen LogP contribution in [0.2, 0.25) is 0 Å². The minimum Gasteiger partial charge on any atom is -0.478 e. The van der Waals surface area contributed by atoms with Crippen LogP contribution in [0, 0.1) is 6.92 Å². The van der Waals surface area contributed by atoms with Gasteiger partial charge in [0, 0.05) is 26.1 Å². The average Bonchev–Trinajstić information content (AvgIpc) is 2.38. The van der Waals surface area contributed by atoms with E-state index < -0.39 is 5.97 Å². The number of aromatic carboxylic acids is 1. The lowest BCUT2D eigenvalue weighted by atomic mass is 10.0. The molecule has 0 atom stereocenters. The van der Waals surface area contributed by atoms with E-state index in [0.717, 1.165) is 31.7 Å². The van der Waals surface area contributed by atoms with Crippen molar-refractivity contribution in [3.05, 3.63) is 23.4 Å². The lowest BCUT2D eigenvalue weighted by Gasteiger charge is -2.33. The fraction of sp³-hybridized carbons (Fsp3) is 0.500. The highest BCUT2D eigenvalue weighted by Gasteiger charge is 2.21. The molecule has 0 spiro atoms. The van der Waals surface area contributed by atoms with Gasteiger partial charge >= 0.3 is 5.97 Å². The highest BCUT2D eigenvalue weighted by atomic mass is 16.4. The predicted molar refractivity (Wildman–Crippen MR) is 75.0 cm³/mol. The maximum Gasteiger partial charge on any atom is 0.337 e. The summed E-state index contributed by atoms with van der Waals surface area (Å²) in [7, 11) is 0. The van der Waals surface area contributed by atoms with Crippen molar-refractivity contribution < 1.29 is 14.7 Å². The molecule has 0 aromatic carbocycles. The monoisotopic (exact) mass is 277 g/mol. The van der Waals surface area contributed by atoms with Crippen LogP contribution in [0.15, 0.2) is 12.1 Å². The smallest absolute Gasteiger partial charge is 0.337 e. The van der Waals surface area contributed by atoms with E-state index in [0.29, 0.717) is 5.69 Å². The molecule has 1 aromatic heterocycles. The van der Waals surface area contributed by atoms with Crippen molar-refractivity contribution in [2.24, 2.45) is 0 Å². The standard InChI is InChI=1S/C14H19N3O3/c1-9-12(14(19)20)3-4-13(15-9)17-7-5-11(6-8-17)16-10(2)18/h3-4,11H,5-8H2,1-2H3,(H,16,18)(H,19,20). The summed E-state index contributed by atoms with van der Waals surface area (Å²) in [5.74, 6) is -0.150. The molecule has 0 bridgehead atoms. The summed E-state index contributed by atoms with van der Waals surface area (Å²) in [4.78, 5) is 28.5. The van der Waals surface area contributed by atoms with Gasteiger partial charge in [0.1, 0.15) is 5.82 Å². The van der Waals surface area contributed by atoms with Crippen molar-refractivity contribution in [3.8, 4) is 0 Å². The van der Waals surface area contributed by atoms with Crippen LogP contribution in [-0.2, 0) is 4.79 Å². The number of rotatable bonds is 3. The first kappa shape index (κ1) is 14.3. The van der Waals surface area contributed by atoms with E-state index in [1.165, 1.54) is 6.92 Å². The first-order chi connectivity index (χ1) is 9.47. The first-order valence-corrected chi connectivity index (χ1v) is 6.70. The number of piperidine rings is 1. The van der Waals surface area contributed by atoms with Crippen LogP contribution in [0.1, 0.15) is 35.8 Å². The average molecular weight is 277 g/mol. The molecule has 6 heteroatoms. The van der Waals surface area contributed by atoms with Crippen LogP contribution in [-0.4, -0.2) is 41.1 Å². The van der Waals surface area contributed by atoms with Gasteiger partial charge < -0.3 is 15.3 Å². The summed E-state index contributed by atoms with van der Waals surface area (Å²) in [6.07, 6.45) is 1.75. The zero-order valence-electron chi connectivity index (χ0n) is 11.7. The Hall–Kier alpha value is -2.11. The number of carbonyl (C=O) groups is 2. The van der Waals surface area contributed by atoms with Crippen LogP contribution in [0.4, 0.5) is 5.82 Å². The van der Waals surface area contributed by atoms with E-state index in [2.05, 4.69) is 15.2 Å². The number of nitrogens with zero attached hydrogens (tertiary/aromatic N) is 2. The maximum atomic E-state index is 11.0. The number of aryl methyl sites for hydroxylation is 1. The Morgan fingerprint density at radius 1 is 1.35 bits per heavy atom. The minimum atomic E-state index is -0.953. The van der Waals surface area contributed by atoms with Crippen LogP contribution in [0.5, 0.6) is 0 Å². The molecular formula is C14H19N3O3. The number of hydrogen-bond donors (Lipinski definition) is 2. The second-order valence-electron chi connectivity index (χ2n) is 5.07. The highest BCUT2D eigenvalue weighted by molar-refractivity contribution is 5.89. The van der Waals surface area contributed by atoms with Gasteiger partial charge in [-0.1, -0.05) is 0 Å². The topological polar surface area (TPSA) is 82.5 Å². The number of carboxylic acids is 1. The molecule has 0 unspecified atom stereocenters. The molecular weight excluding hydrogens is 258 g/mol. The fourth-order valence-electron chi connectivity index (χ4n) is 2.49. The Bertz CT molecular complexity index is 522. The van der Waals surface area contributed by atoms with E-state index in [9.17, 15) is 9.59 Å². The van der Waals surface area contributed by atoms with E-state index in [1.807, 2.05) is 0 Å². The van der Waals surface area contributed by atoms with E-state index in [4.69, 9.17) is 5.11 Å². The van der Waals surface area contributed by atoms with Crippen LogP contribution in [0.25, 0.3) is 0 Å². The summed E-state index contributed by atoms with van der Waals surface area (Å²) in [6, 6.07) is 3.57. The summed E-state index contributed by atoms with van der Waals surface area (Å²) in [5, 5.41) is 11.9. The van der Waals surface area contributed by atoms with Crippen molar-refractivity contribution in [2.75, 3.05) is 18.0 Å². The van der Waals surface area contributed by atoms with Crippen LogP contribution >= 0.6 is 0 Å². The molecule has 0 radical (unpaired) electrons. The Kier molecular flexibility index (Phi) is 4.22. The third-order valence-corrected chi connectivity index (χ3v) is 3.53. The second kappa shape index (κ2) is 5.90. The summed E-state index contributed by atoms with van der Waals surface area (Å²) in [5.41, 5.74) is 0.765. The maximum absolute atomic E-state index is 11.0. The van der Waals surface area contributed by atoms with Crippen molar-refractivity contribution in [1.82, 2.24) is 10.3 Å². The molecule has 1 aromatic rings. The number of hydrogen-bond acceptors (Lipinski definition) is 4. The number of aromatic nitrogens is 1. The Labute approximate surface area is 117 Å². The Morgan fingerprint density at radius 3 is 2.50 bits per heavy atom. The van der Waals surface area contributed by atoms with Crippen LogP contribution < -0.4 is 10.2 Å². The van der Waals surface area contributed by atoms with Gasteiger partial charge in [0.2, 0.25) is 5.91 Å². The van der Waals surface area contributed by atoms with Gasteiger partial charge in [-0.3, -0.25) is 4.79 Å². The number of anilines is 1. The number of carbonyl (C=O) groups excluding carboxylic acids is 1. The number of pyridine rings is 1. The van der Waals surface area contributed by atoms with Gasteiger partial charge in [-0.15, -0.1) is 0 Å². The normalized spacial score (nSPS) is 16.0. The highest BCUT2D eigenvalue weighted by Crippen LogP contribution is 2.19. The number of carboxylic acid groups (broad SMARTS) is 1. The fourth-order valence-corrected chi connectivity index (χ4v) is 2.49.